The second-order valence-corrected chi connectivity index (χ2v) is 5.64. The molecule has 0 radical (unpaired) electrons. The highest BCUT2D eigenvalue weighted by Gasteiger charge is 2.21. The van der Waals surface area contributed by atoms with Gasteiger partial charge in [-0.1, -0.05) is 15.9 Å². The van der Waals surface area contributed by atoms with E-state index in [1.54, 1.807) is 6.07 Å². The summed E-state index contributed by atoms with van der Waals surface area (Å²) in [5.41, 5.74) is 0. The molecule has 1 N–H and O–H groups in total. The van der Waals surface area contributed by atoms with Crippen molar-refractivity contribution in [3.63, 3.8) is 0 Å². The van der Waals surface area contributed by atoms with Crippen molar-refractivity contribution < 1.29 is 12.8 Å². The Labute approximate surface area is 101 Å². The number of halogens is 2. The van der Waals surface area contributed by atoms with Gasteiger partial charge in [0.2, 0.25) is 10.0 Å². The molecule has 16 heavy (non-hydrogen) atoms. The lowest BCUT2D eigenvalue weighted by Crippen LogP contribution is -2.32. The normalized spacial score (nSPS) is 13.1. The van der Waals surface area contributed by atoms with Gasteiger partial charge in [-0.15, -0.1) is 0 Å². The Hall–Kier alpha value is -0.970. The van der Waals surface area contributed by atoms with Crippen LogP contribution in [-0.4, -0.2) is 14.5 Å². The smallest absolute Gasteiger partial charge is 0.207 e. The molecule has 1 atom stereocenters. The number of nitrogens with one attached hydrogen (secondary N) is 1. The summed E-state index contributed by atoms with van der Waals surface area (Å²) in [4.78, 5) is -0.482. The van der Waals surface area contributed by atoms with Crippen LogP contribution in [0, 0.1) is 17.1 Å². The number of hydrogen-bond donors (Lipinski definition) is 1. The predicted molar refractivity (Wildman–Crippen MR) is 59.5 cm³/mol. The Morgan fingerprint density at radius 3 is 2.75 bits per heavy atom. The summed E-state index contributed by atoms with van der Waals surface area (Å²) in [5, 5.41) is 8.49. The molecule has 0 amide bonds. The molecule has 7 heteroatoms. The van der Waals surface area contributed by atoms with Crippen molar-refractivity contribution in [3.8, 4) is 6.07 Å². The summed E-state index contributed by atoms with van der Waals surface area (Å²) in [7, 11) is -4.00. The third-order valence-electron chi connectivity index (χ3n) is 1.71. The van der Waals surface area contributed by atoms with Crippen molar-refractivity contribution in [3.05, 3.63) is 28.5 Å². The van der Waals surface area contributed by atoms with Gasteiger partial charge in [0.25, 0.3) is 0 Å². The second kappa shape index (κ2) is 4.91. The van der Waals surface area contributed by atoms with Crippen LogP contribution in [-0.2, 0) is 10.0 Å². The quantitative estimate of drug-likeness (QED) is 0.925. The highest BCUT2D eigenvalue weighted by Crippen LogP contribution is 2.19. The van der Waals surface area contributed by atoms with E-state index in [-0.39, 0.29) is 0 Å². The van der Waals surface area contributed by atoms with E-state index in [0.717, 1.165) is 12.1 Å². The van der Waals surface area contributed by atoms with E-state index in [2.05, 4.69) is 15.9 Å². The Kier molecular flexibility index (Phi) is 4.02. The standard InChI is InChI=1S/C9H8BrFN2O2S/c1-6(5-12)13-16(14,15)9-4-7(10)2-3-8(9)11/h2-4,6,13H,1H3/t6-/m0/s1. The number of hydrogen-bond acceptors (Lipinski definition) is 3. The minimum absolute atomic E-state index is 0.443. The van der Waals surface area contributed by atoms with E-state index in [9.17, 15) is 12.8 Å². The first-order valence-corrected chi connectivity index (χ1v) is 6.51. The monoisotopic (exact) mass is 306 g/mol. The van der Waals surface area contributed by atoms with Crippen molar-refractivity contribution in [2.75, 3.05) is 0 Å². The van der Waals surface area contributed by atoms with Gasteiger partial charge in [-0.25, -0.2) is 12.8 Å². The highest BCUT2D eigenvalue weighted by atomic mass is 79.9. The molecule has 86 valence electrons. The lowest BCUT2D eigenvalue weighted by molar-refractivity contribution is 0.553. The third-order valence-corrected chi connectivity index (χ3v) is 3.76. The highest BCUT2D eigenvalue weighted by molar-refractivity contribution is 9.10. The van der Waals surface area contributed by atoms with Gasteiger partial charge in [0.1, 0.15) is 16.8 Å². The maximum absolute atomic E-state index is 13.3. The topological polar surface area (TPSA) is 70.0 Å². The van der Waals surface area contributed by atoms with Crippen LogP contribution in [0.1, 0.15) is 6.92 Å². The van der Waals surface area contributed by atoms with Crippen LogP contribution in [0.15, 0.2) is 27.6 Å². The average Bonchev–Trinajstić information content (AvgIpc) is 2.20. The molecule has 0 fully saturated rings. The van der Waals surface area contributed by atoms with Crippen LogP contribution in [0.2, 0.25) is 0 Å². The van der Waals surface area contributed by atoms with Gasteiger partial charge in [-0.3, -0.25) is 0 Å². The van der Waals surface area contributed by atoms with E-state index in [1.165, 1.54) is 13.0 Å². The molecule has 0 saturated carbocycles. The third kappa shape index (κ3) is 3.01. The molecule has 0 aliphatic rings. The van der Waals surface area contributed by atoms with Crippen molar-refractivity contribution in [1.29, 1.82) is 5.26 Å². The van der Waals surface area contributed by atoms with Crippen molar-refractivity contribution in [1.82, 2.24) is 4.72 Å². The molecule has 0 aliphatic heterocycles. The Bertz CT molecular complexity index is 539. The number of sulfonamides is 1. The molecule has 0 bridgehead atoms. The first kappa shape index (κ1) is 13.1. The SMILES string of the molecule is C[C@@H](C#N)NS(=O)(=O)c1cc(Br)ccc1F. The van der Waals surface area contributed by atoms with Crippen LogP contribution < -0.4 is 4.72 Å². The van der Waals surface area contributed by atoms with Gasteiger partial charge in [-0.05, 0) is 25.1 Å². The molecular weight excluding hydrogens is 299 g/mol. The molecule has 1 rings (SSSR count). The lowest BCUT2D eigenvalue weighted by atomic mass is 10.3. The van der Waals surface area contributed by atoms with Gasteiger partial charge in [0, 0.05) is 4.47 Å². The number of benzene rings is 1. The number of rotatable bonds is 3. The molecule has 4 nitrogen and oxygen atoms in total. The van der Waals surface area contributed by atoms with Crippen LogP contribution in [0.5, 0.6) is 0 Å². The number of nitrogens with zero attached hydrogens (tertiary/aromatic N) is 1. The van der Waals surface area contributed by atoms with Gasteiger partial charge in [0.05, 0.1) is 6.07 Å². The summed E-state index contributed by atoms with van der Waals surface area (Å²) >= 11 is 3.05. The summed E-state index contributed by atoms with van der Waals surface area (Å²) in [6.45, 7) is 1.37. The van der Waals surface area contributed by atoms with E-state index in [1.807, 2.05) is 4.72 Å². The van der Waals surface area contributed by atoms with E-state index in [4.69, 9.17) is 5.26 Å². The fourth-order valence-corrected chi connectivity index (χ4v) is 2.77. The zero-order valence-electron chi connectivity index (χ0n) is 8.24. The van der Waals surface area contributed by atoms with Crippen molar-refractivity contribution in [2.45, 2.75) is 17.9 Å². The van der Waals surface area contributed by atoms with Crippen LogP contribution in [0.3, 0.4) is 0 Å². The zero-order valence-corrected chi connectivity index (χ0v) is 10.6. The van der Waals surface area contributed by atoms with Gasteiger partial charge >= 0.3 is 0 Å². The molecule has 0 unspecified atom stereocenters. The zero-order chi connectivity index (χ0) is 12.3. The van der Waals surface area contributed by atoms with Gasteiger partial charge in [-0.2, -0.15) is 9.98 Å². The molecule has 0 heterocycles. The van der Waals surface area contributed by atoms with Crippen LogP contribution >= 0.6 is 15.9 Å². The maximum atomic E-state index is 13.3. The molecule has 0 aromatic heterocycles. The maximum Gasteiger partial charge on any atom is 0.244 e. The van der Waals surface area contributed by atoms with Crippen molar-refractivity contribution >= 4 is 26.0 Å². The first-order valence-electron chi connectivity index (χ1n) is 4.24. The summed E-state index contributed by atoms with van der Waals surface area (Å²) in [6, 6.07) is 4.36. The van der Waals surface area contributed by atoms with E-state index < -0.39 is 26.8 Å². The average molecular weight is 307 g/mol. The second-order valence-electron chi connectivity index (χ2n) is 3.05. The van der Waals surface area contributed by atoms with E-state index >= 15 is 0 Å². The molecule has 1 aromatic carbocycles. The first-order chi connectivity index (χ1) is 7.36. The summed E-state index contributed by atoms with van der Waals surface area (Å²) in [6.07, 6.45) is 0. The van der Waals surface area contributed by atoms with Gasteiger partial charge < -0.3 is 0 Å². The Balaban J connectivity index is 3.18. The number of nitriles is 1. The molecule has 1 aromatic rings. The molecule has 0 spiro atoms. The summed E-state index contributed by atoms with van der Waals surface area (Å²) < 4.78 is 39.1. The fraction of sp³-hybridized carbons (Fsp3) is 0.222. The minimum atomic E-state index is -4.00. The Morgan fingerprint density at radius 2 is 2.19 bits per heavy atom. The lowest BCUT2D eigenvalue weighted by Gasteiger charge is -2.08. The van der Waals surface area contributed by atoms with Gasteiger partial charge in [0.15, 0.2) is 0 Å². The predicted octanol–water partition coefficient (Wildman–Crippen LogP) is 1.78. The van der Waals surface area contributed by atoms with Crippen LogP contribution in [0.4, 0.5) is 4.39 Å². The Morgan fingerprint density at radius 1 is 1.56 bits per heavy atom. The molecular formula is C9H8BrFN2O2S. The minimum Gasteiger partial charge on any atom is -0.207 e. The largest absolute Gasteiger partial charge is 0.244 e. The molecule has 0 aliphatic carbocycles. The van der Waals surface area contributed by atoms with E-state index in [0.29, 0.717) is 4.47 Å². The molecule has 0 saturated heterocycles. The summed E-state index contributed by atoms with van der Waals surface area (Å²) in [5.74, 6) is -0.860. The van der Waals surface area contributed by atoms with Crippen molar-refractivity contribution in [2.24, 2.45) is 0 Å². The fourth-order valence-electron chi connectivity index (χ4n) is 1.01. The van der Waals surface area contributed by atoms with Crippen LogP contribution in [0.25, 0.3) is 0 Å².